The predicted molar refractivity (Wildman–Crippen MR) is 146 cm³/mol. The highest BCUT2D eigenvalue weighted by Gasteiger charge is 2.78. The Morgan fingerprint density at radius 2 is 1.00 bits per heavy atom. The first kappa shape index (κ1) is 35.3. The van der Waals surface area contributed by atoms with Crippen LogP contribution in [0.5, 0.6) is 0 Å². The van der Waals surface area contributed by atoms with Crippen molar-refractivity contribution < 1.29 is 64.2 Å². The summed E-state index contributed by atoms with van der Waals surface area (Å²) in [6, 6.07) is 13.0. The van der Waals surface area contributed by atoms with E-state index < -0.39 is 72.2 Å². The summed E-state index contributed by atoms with van der Waals surface area (Å²) >= 11 is 0. The minimum Gasteiger partial charge on any atom is -0.456 e. The fourth-order valence-corrected chi connectivity index (χ4v) is 14.7. The molecule has 0 aliphatic rings. The molecule has 0 amide bonds. The average Bonchev–Trinajstić information content (AvgIpc) is 2.91. The number of benzene rings is 3. The van der Waals surface area contributed by atoms with Crippen molar-refractivity contribution in [2.75, 3.05) is 7.11 Å². The van der Waals surface area contributed by atoms with E-state index in [1.165, 1.54) is 32.9 Å². The minimum absolute atomic E-state index is 0.394. The Kier molecular flexibility index (Phi) is 8.61. The summed E-state index contributed by atoms with van der Waals surface area (Å²) in [6.07, 6.45) is 0. The summed E-state index contributed by atoms with van der Waals surface area (Å²) in [6.45, 7) is 4.13. The molecule has 0 aliphatic heterocycles. The molecule has 44 heavy (non-hydrogen) atoms. The number of alkyl halides is 6. The fraction of sp³-hybridized carbons (Fsp3) is 0.269. The van der Waals surface area contributed by atoms with E-state index in [-0.39, 0.29) is 0 Å². The topological polar surface area (TPSA) is 122 Å². The van der Waals surface area contributed by atoms with Gasteiger partial charge in [0.2, 0.25) is 0 Å². The lowest BCUT2D eigenvalue weighted by atomic mass is 10.1. The molecular formula is C26H26F6O9S3. The van der Waals surface area contributed by atoms with Gasteiger partial charge in [0.25, 0.3) is 0 Å². The van der Waals surface area contributed by atoms with E-state index in [1.54, 1.807) is 0 Å². The van der Waals surface area contributed by atoms with Gasteiger partial charge in [0.05, 0.1) is 17.6 Å². The van der Waals surface area contributed by atoms with Crippen LogP contribution in [0.3, 0.4) is 0 Å². The summed E-state index contributed by atoms with van der Waals surface area (Å²) in [4.78, 5) is 10.2. The standard InChI is InChI=1S/C26H26F6O9S3/c1-24(2,3)39-23(33)21-17-11-12-18-22(21)44(38-4,19-13-7-5-8-14-19,20-15-9-6-10-16-20,40-42(34,35)25(27,28)29)41-43(36,37)26(30,31)32/h5-18H,1-4H3. The quantitative estimate of drug-likeness (QED) is 0.131. The van der Waals surface area contributed by atoms with Crippen molar-refractivity contribution in [1.29, 1.82) is 0 Å². The number of halogens is 6. The van der Waals surface area contributed by atoms with Gasteiger partial charge in [-0.25, -0.2) is 4.79 Å². The Bertz CT molecular complexity index is 1680. The first-order chi connectivity index (χ1) is 19.9. The van der Waals surface area contributed by atoms with Crippen molar-refractivity contribution in [2.24, 2.45) is 0 Å². The minimum atomic E-state index is -8.14. The van der Waals surface area contributed by atoms with E-state index in [0.717, 1.165) is 66.7 Å². The molecule has 0 unspecified atom stereocenters. The molecule has 0 fully saturated rings. The van der Waals surface area contributed by atoms with Crippen LogP contribution in [0.25, 0.3) is 0 Å². The number of hydrogen-bond donors (Lipinski definition) is 0. The molecule has 0 aromatic heterocycles. The average molecular weight is 693 g/mol. The third-order valence-corrected chi connectivity index (χ3v) is 15.8. The molecule has 0 saturated carbocycles. The lowest BCUT2D eigenvalue weighted by Gasteiger charge is -2.73. The van der Waals surface area contributed by atoms with Crippen molar-refractivity contribution >= 4 is 35.3 Å². The highest BCUT2D eigenvalue weighted by Crippen LogP contribution is 3.05. The lowest BCUT2D eigenvalue weighted by Crippen LogP contribution is -2.50. The number of carbonyl (C=O) groups is 1. The molecule has 0 N–H and O–H groups in total. The zero-order valence-electron chi connectivity index (χ0n) is 23.2. The predicted octanol–water partition coefficient (Wildman–Crippen LogP) is 7.12. The summed E-state index contributed by atoms with van der Waals surface area (Å²) in [5.74, 6) is -1.44. The molecule has 0 saturated heterocycles. The second-order valence-corrected chi connectivity index (χ2v) is 18.1. The largest absolute Gasteiger partial charge is 0.524 e. The van der Waals surface area contributed by atoms with Crippen molar-refractivity contribution in [3.05, 3.63) is 90.5 Å². The number of rotatable bonds is 9. The Morgan fingerprint density at radius 3 is 1.34 bits per heavy atom. The third-order valence-electron chi connectivity index (χ3n) is 5.98. The number of carbonyl (C=O) groups excluding carboxylic acids is 1. The van der Waals surface area contributed by atoms with E-state index in [4.69, 9.17) is 16.2 Å². The van der Waals surface area contributed by atoms with Crippen LogP contribution in [0.4, 0.5) is 26.3 Å². The summed E-state index contributed by atoms with van der Waals surface area (Å²) in [5.41, 5.74) is -15.1. The highest BCUT2D eigenvalue weighted by atomic mass is 32.4. The molecule has 0 bridgehead atoms. The van der Waals surface area contributed by atoms with Crippen LogP contribution in [0.2, 0.25) is 0 Å². The maximum atomic E-state index is 14.3. The molecule has 0 aliphatic carbocycles. The van der Waals surface area contributed by atoms with Gasteiger partial charge in [-0.1, -0.05) is 48.5 Å². The van der Waals surface area contributed by atoms with Gasteiger partial charge in [-0.05, 0) is 57.2 Å². The van der Waals surface area contributed by atoms with Crippen molar-refractivity contribution in [3.63, 3.8) is 0 Å². The fourth-order valence-electron chi connectivity index (χ4n) is 4.27. The van der Waals surface area contributed by atoms with Crippen molar-refractivity contribution in [1.82, 2.24) is 0 Å². The smallest absolute Gasteiger partial charge is 0.456 e. The summed E-state index contributed by atoms with van der Waals surface area (Å²) in [7, 11) is -22.2. The molecule has 0 atom stereocenters. The number of esters is 1. The van der Waals surface area contributed by atoms with Gasteiger partial charge in [-0.3, -0.25) is 0 Å². The van der Waals surface area contributed by atoms with Gasteiger partial charge in [0.1, 0.15) is 5.60 Å². The van der Waals surface area contributed by atoms with E-state index in [0.29, 0.717) is 13.2 Å². The number of hydrogen-bond acceptors (Lipinski definition) is 9. The third kappa shape index (κ3) is 5.36. The van der Waals surface area contributed by atoms with Crippen LogP contribution in [0, 0.1) is 0 Å². The van der Waals surface area contributed by atoms with E-state index in [9.17, 15) is 48.0 Å². The monoisotopic (exact) mass is 692 g/mol. The van der Waals surface area contributed by atoms with Crippen molar-refractivity contribution in [2.45, 2.75) is 52.1 Å². The van der Waals surface area contributed by atoms with Crippen LogP contribution in [0.15, 0.2) is 99.6 Å². The molecule has 18 heteroatoms. The van der Waals surface area contributed by atoms with Gasteiger partial charge in [0, 0.05) is 18.9 Å². The van der Waals surface area contributed by atoms with Crippen molar-refractivity contribution in [3.8, 4) is 0 Å². The molecule has 0 radical (unpaired) electrons. The summed E-state index contributed by atoms with van der Waals surface area (Å²) < 4.78 is 159. The van der Waals surface area contributed by atoms with E-state index in [2.05, 4.69) is 0 Å². The van der Waals surface area contributed by atoms with Gasteiger partial charge in [-0.2, -0.15) is 50.4 Å². The Balaban J connectivity index is 2.95. The van der Waals surface area contributed by atoms with Gasteiger partial charge >= 0.3 is 37.2 Å². The SMILES string of the molecule is COS(OS(=O)(=O)C(F)(F)F)(OS(=O)(=O)C(F)(F)F)(c1ccccc1)(c1ccccc1)c1ccccc1C(=O)OC(C)(C)C. The first-order valence-corrected chi connectivity index (χ1v) is 17.1. The van der Waals surface area contributed by atoms with E-state index >= 15 is 0 Å². The molecule has 3 aromatic rings. The zero-order valence-corrected chi connectivity index (χ0v) is 25.7. The van der Waals surface area contributed by atoms with Gasteiger partial charge in [-0.15, -0.1) is 0 Å². The molecular weight excluding hydrogens is 666 g/mol. The second kappa shape index (κ2) is 10.7. The number of ether oxygens (including phenoxy) is 1. The molecule has 0 heterocycles. The maximum absolute atomic E-state index is 14.3. The van der Waals surface area contributed by atoms with Crippen LogP contribution >= 0.6 is 9.14 Å². The Hall–Kier alpha value is -3.16. The van der Waals surface area contributed by atoms with Gasteiger partial charge in [0.15, 0.2) is 0 Å². The zero-order chi connectivity index (χ0) is 33.5. The maximum Gasteiger partial charge on any atom is 0.524 e. The molecule has 3 aromatic carbocycles. The van der Waals surface area contributed by atoms with Crippen LogP contribution in [0.1, 0.15) is 31.1 Å². The highest BCUT2D eigenvalue weighted by molar-refractivity contribution is 8.58. The Labute approximate surface area is 248 Å². The van der Waals surface area contributed by atoms with E-state index in [1.807, 2.05) is 0 Å². The Morgan fingerprint density at radius 1 is 0.636 bits per heavy atom. The second-order valence-electron chi connectivity index (χ2n) is 9.99. The molecule has 244 valence electrons. The molecule has 3 rings (SSSR count). The van der Waals surface area contributed by atoms with Gasteiger partial charge < -0.3 is 8.92 Å². The van der Waals surface area contributed by atoms with Crippen LogP contribution in [-0.2, 0) is 36.4 Å². The molecule has 0 spiro atoms. The van der Waals surface area contributed by atoms with Crippen LogP contribution in [-0.4, -0.2) is 46.5 Å². The van der Waals surface area contributed by atoms with Crippen LogP contribution < -0.4 is 0 Å². The normalized spacial score (nSPS) is 15.2. The molecule has 9 nitrogen and oxygen atoms in total. The summed E-state index contributed by atoms with van der Waals surface area (Å²) in [5, 5.41) is 0. The lowest BCUT2D eigenvalue weighted by molar-refractivity contribution is -0.0531. The first-order valence-electron chi connectivity index (χ1n) is 12.1.